The molecule has 0 saturated heterocycles. The van der Waals surface area contributed by atoms with E-state index < -0.39 is 6.09 Å². The Morgan fingerprint density at radius 1 is 0.929 bits per heavy atom. The molecule has 0 fully saturated rings. The molecule has 0 aromatic heterocycles. The Bertz CT molecular complexity index is 675. The molecular weight excluding hydrogens is 356 g/mol. The molecule has 0 atom stereocenters. The molecule has 0 unspecified atom stereocenters. The van der Waals surface area contributed by atoms with Crippen molar-refractivity contribution in [2.45, 2.75) is 13.0 Å². The highest BCUT2D eigenvalue weighted by molar-refractivity contribution is 5.67. The maximum absolute atomic E-state index is 11.7. The second kappa shape index (κ2) is 12.8. The van der Waals surface area contributed by atoms with Crippen molar-refractivity contribution >= 4 is 6.09 Å². The molecule has 0 aliphatic carbocycles. The summed E-state index contributed by atoms with van der Waals surface area (Å²) in [5.74, 6) is 0.815. The summed E-state index contributed by atoms with van der Waals surface area (Å²) in [6, 6.07) is 17.5. The van der Waals surface area contributed by atoms with Gasteiger partial charge in [-0.3, -0.25) is 0 Å². The number of nitrogens with zero attached hydrogens (tertiary/aromatic N) is 1. The highest BCUT2D eigenvalue weighted by Gasteiger charge is 2.03. The van der Waals surface area contributed by atoms with E-state index in [0.717, 1.165) is 29.8 Å². The van der Waals surface area contributed by atoms with Gasteiger partial charge in [0.25, 0.3) is 0 Å². The minimum atomic E-state index is -0.405. The fourth-order valence-electron chi connectivity index (χ4n) is 2.40. The molecule has 28 heavy (non-hydrogen) atoms. The fourth-order valence-corrected chi connectivity index (χ4v) is 2.40. The van der Waals surface area contributed by atoms with Crippen LogP contribution in [0.2, 0.25) is 0 Å². The Labute approximate surface area is 167 Å². The van der Waals surface area contributed by atoms with Crippen LogP contribution in [0.15, 0.2) is 54.6 Å². The van der Waals surface area contributed by atoms with Gasteiger partial charge < -0.3 is 24.4 Å². The molecule has 1 amide bonds. The van der Waals surface area contributed by atoms with Crippen molar-refractivity contribution in [1.82, 2.24) is 10.2 Å². The van der Waals surface area contributed by atoms with E-state index in [1.165, 1.54) is 0 Å². The van der Waals surface area contributed by atoms with Gasteiger partial charge in [0.15, 0.2) is 0 Å². The normalized spacial score (nSPS) is 10.7. The van der Waals surface area contributed by atoms with E-state index in [1.807, 2.05) is 68.7 Å². The van der Waals surface area contributed by atoms with Crippen molar-refractivity contribution < 1.29 is 19.0 Å². The Hall–Kier alpha value is -2.57. The number of alkyl carbamates (subject to hydrolysis) is 1. The largest absolute Gasteiger partial charge is 0.491 e. The van der Waals surface area contributed by atoms with Crippen LogP contribution in [0.25, 0.3) is 0 Å². The van der Waals surface area contributed by atoms with E-state index in [-0.39, 0.29) is 6.61 Å². The van der Waals surface area contributed by atoms with Crippen LogP contribution in [0.5, 0.6) is 5.75 Å². The predicted molar refractivity (Wildman–Crippen MR) is 110 cm³/mol. The topological polar surface area (TPSA) is 60.0 Å². The Morgan fingerprint density at radius 2 is 1.68 bits per heavy atom. The van der Waals surface area contributed by atoms with Crippen molar-refractivity contribution in [3.63, 3.8) is 0 Å². The first-order valence-electron chi connectivity index (χ1n) is 9.52. The number of nitrogens with one attached hydrogen (secondary N) is 1. The van der Waals surface area contributed by atoms with Crippen LogP contribution in [0, 0.1) is 0 Å². The maximum atomic E-state index is 11.7. The highest BCUT2D eigenvalue weighted by Crippen LogP contribution is 2.12. The zero-order valence-electron chi connectivity index (χ0n) is 16.7. The number of likely N-dealkylation sites (N-methyl/N-ethyl adjacent to an activating group) is 1. The van der Waals surface area contributed by atoms with Crippen molar-refractivity contribution in [3.8, 4) is 5.75 Å². The third kappa shape index (κ3) is 9.39. The van der Waals surface area contributed by atoms with Crippen molar-refractivity contribution in [1.29, 1.82) is 0 Å². The zero-order valence-corrected chi connectivity index (χ0v) is 16.7. The minimum Gasteiger partial charge on any atom is -0.491 e. The monoisotopic (exact) mass is 386 g/mol. The van der Waals surface area contributed by atoms with Gasteiger partial charge in [0, 0.05) is 13.1 Å². The van der Waals surface area contributed by atoms with Gasteiger partial charge in [0.2, 0.25) is 0 Å². The third-order valence-corrected chi connectivity index (χ3v) is 4.00. The van der Waals surface area contributed by atoms with Crippen LogP contribution in [-0.4, -0.2) is 58.0 Å². The van der Waals surface area contributed by atoms with Crippen LogP contribution in [-0.2, 0) is 22.5 Å². The summed E-state index contributed by atoms with van der Waals surface area (Å²) in [6.07, 6.45) is 0.326. The summed E-state index contributed by atoms with van der Waals surface area (Å²) in [4.78, 5) is 13.8. The molecule has 2 aromatic rings. The predicted octanol–water partition coefficient (Wildman–Crippen LogP) is 3.11. The molecule has 2 rings (SSSR count). The number of amides is 1. The molecule has 2 aromatic carbocycles. The maximum Gasteiger partial charge on any atom is 0.407 e. The molecule has 1 N–H and O–H groups in total. The molecule has 0 bridgehead atoms. The first kappa shape index (κ1) is 21.7. The van der Waals surface area contributed by atoms with Gasteiger partial charge >= 0.3 is 6.09 Å². The fraction of sp³-hybridized carbons (Fsp3) is 0.409. The van der Waals surface area contributed by atoms with E-state index in [0.29, 0.717) is 26.4 Å². The lowest BCUT2D eigenvalue weighted by atomic mass is 10.1. The molecule has 0 heterocycles. The second-order valence-electron chi connectivity index (χ2n) is 6.65. The minimum absolute atomic E-state index is 0.275. The van der Waals surface area contributed by atoms with E-state index >= 15 is 0 Å². The summed E-state index contributed by atoms with van der Waals surface area (Å²) in [5.41, 5.74) is 2.09. The number of ether oxygens (including phenoxy) is 3. The highest BCUT2D eigenvalue weighted by atomic mass is 16.5. The van der Waals surface area contributed by atoms with Crippen LogP contribution >= 0.6 is 0 Å². The Balaban J connectivity index is 1.56. The van der Waals surface area contributed by atoms with Gasteiger partial charge in [0.1, 0.15) is 19.0 Å². The van der Waals surface area contributed by atoms with Crippen LogP contribution in [0.1, 0.15) is 11.1 Å². The molecule has 0 aliphatic heterocycles. The van der Waals surface area contributed by atoms with Gasteiger partial charge in [-0.2, -0.15) is 0 Å². The van der Waals surface area contributed by atoms with Crippen LogP contribution in [0.4, 0.5) is 4.79 Å². The van der Waals surface area contributed by atoms with E-state index in [2.05, 4.69) is 10.2 Å². The van der Waals surface area contributed by atoms with Crippen molar-refractivity contribution in [3.05, 3.63) is 65.7 Å². The average Bonchev–Trinajstić information content (AvgIpc) is 2.71. The number of hydrogen-bond acceptors (Lipinski definition) is 5. The lowest BCUT2D eigenvalue weighted by Crippen LogP contribution is -2.26. The molecule has 0 aliphatic rings. The van der Waals surface area contributed by atoms with Gasteiger partial charge in [-0.25, -0.2) is 4.79 Å². The summed E-state index contributed by atoms with van der Waals surface area (Å²) in [5, 5.41) is 2.77. The van der Waals surface area contributed by atoms with Gasteiger partial charge in [0.05, 0.1) is 13.2 Å². The number of benzene rings is 2. The SMILES string of the molecule is CN(C)CCOCCOc1ccc(CCNC(=O)OCc2ccccc2)cc1. The molecule has 0 saturated carbocycles. The summed E-state index contributed by atoms with van der Waals surface area (Å²) in [7, 11) is 4.04. The van der Waals surface area contributed by atoms with E-state index in [4.69, 9.17) is 14.2 Å². The molecule has 6 heteroatoms. The molecular formula is C22H30N2O4. The summed E-state index contributed by atoms with van der Waals surface area (Å²) >= 11 is 0. The van der Waals surface area contributed by atoms with Crippen molar-refractivity contribution in [2.24, 2.45) is 0 Å². The summed E-state index contributed by atoms with van der Waals surface area (Å²) in [6.45, 7) is 3.51. The van der Waals surface area contributed by atoms with Gasteiger partial charge in [-0.1, -0.05) is 42.5 Å². The number of carbonyl (C=O) groups excluding carboxylic acids is 1. The first-order chi connectivity index (χ1) is 13.6. The lowest BCUT2D eigenvalue weighted by molar-refractivity contribution is 0.0890. The number of rotatable bonds is 12. The van der Waals surface area contributed by atoms with Crippen LogP contribution in [0.3, 0.4) is 0 Å². The standard InChI is InChI=1S/C22H30N2O4/c1-24(2)14-15-26-16-17-27-21-10-8-19(9-11-21)12-13-23-22(25)28-18-20-6-4-3-5-7-20/h3-11H,12-18H2,1-2H3,(H,23,25). The molecule has 152 valence electrons. The zero-order chi connectivity index (χ0) is 20.0. The molecule has 0 radical (unpaired) electrons. The molecule has 6 nitrogen and oxygen atoms in total. The number of carbonyl (C=O) groups is 1. The Kier molecular flexibility index (Phi) is 9.89. The lowest BCUT2D eigenvalue weighted by Gasteiger charge is -2.11. The third-order valence-electron chi connectivity index (χ3n) is 4.00. The number of hydrogen-bond donors (Lipinski definition) is 1. The van der Waals surface area contributed by atoms with Gasteiger partial charge in [-0.15, -0.1) is 0 Å². The first-order valence-corrected chi connectivity index (χ1v) is 9.52. The second-order valence-corrected chi connectivity index (χ2v) is 6.65. The average molecular weight is 386 g/mol. The van der Waals surface area contributed by atoms with Crippen LogP contribution < -0.4 is 10.1 Å². The Morgan fingerprint density at radius 3 is 2.39 bits per heavy atom. The van der Waals surface area contributed by atoms with E-state index in [1.54, 1.807) is 0 Å². The van der Waals surface area contributed by atoms with Gasteiger partial charge in [-0.05, 0) is 43.8 Å². The quantitative estimate of drug-likeness (QED) is 0.568. The molecule has 0 spiro atoms. The summed E-state index contributed by atoms with van der Waals surface area (Å²) < 4.78 is 16.3. The van der Waals surface area contributed by atoms with Crippen molar-refractivity contribution in [2.75, 3.05) is 47.0 Å². The van der Waals surface area contributed by atoms with E-state index in [9.17, 15) is 4.79 Å². The smallest absolute Gasteiger partial charge is 0.407 e.